The van der Waals surface area contributed by atoms with Crippen LogP contribution in [0.5, 0.6) is 0 Å². The zero-order valence-electron chi connectivity index (χ0n) is 17.0. The first-order valence-electron chi connectivity index (χ1n) is 10.2. The molecule has 2 aliphatic rings. The van der Waals surface area contributed by atoms with Crippen molar-refractivity contribution in [2.24, 2.45) is 5.92 Å². The molecule has 0 unspecified atom stereocenters. The minimum atomic E-state index is -3.65. The van der Waals surface area contributed by atoms with E-state index in [1.807, 2.05) is 0 Å². The van der Waals surface area contributed by atoms with E-state index in [9.17, 15) is 22.8 Å². The Morgan fingerprint density at radius 3 is 2.23 bits per heavy atom. The second-order valence-electron chi connectivity index (χ2n) is 7.77. The van der Waals surface area contributed by atoms with Gasteiger partial charge in [-0.3, -0.25) is 14.4 Å². The fourth-order valence-electron chi connectivity index (χ4n) is 3.39. The van der Waals surface area contributed by atoms with Gasteiger partial charge in [0.05, 0.1) is 4.90 Å². The Hall–Kier alpha value is -2.46. The van der Waals surface area contributed by atoms with E-state index in [-0.39, 0.29) is 54.6 Å². The van der Waals surface area contributed by atoms with Crippen LogP contribution in [0.15, 0.2) is 29.2 Å². The predicted octanol–water partition coefficient (Wildman–Crippen LogP) is 0.831. The van der Waals surface area contributed by atoms with Gasteiger partial charge in [0, 0.05) is 50.6 Å². The highest BCUT2D eigenvalue weighted by molar-refractivity contribution is 7.89. The van der Waals surface area contributed by atoms with E-state index in [0.29, 0.717) is 24.6 Å². The average molecular weight is 437 g/mol. The highest BCUT2D eigenvalue weighted by Gasteiger charge is 2.32. The van der Waals surface area contributed by atoms with Crippen LogP contribution in [0, 0.1) is 5.92 Å². The van der Waals surface area contributed by atoms with Crippen molar-refractivity contribution in [2.75, 3.05) is 25.0 Å². The van der Waals surface area contributed by atoms with Crippen molar-refractivity contribution in [3.63, 3.8) is 0 Å². The molecule has 0 spiro atoms. The van der Waals surface area contributed by atoms with Crippen LogP contribution in [0.3, 0.4) is 0 Å². The summed E-state index contributed by atoms with van der Waals surface area (Å²) < 4.78 is 27.0. The Morgan fingerprint density at radius 2 is 1.67 bits per heavy atom. The summed E-state index contributed by atoms with van der Waals surface area (Å²) in [7, 11) is -3.65. The summed E-state index contributed by atoms with van der Waals surface area (Å²) >= 11 is 0. The van der Waals surface area contributed by atoms with Crippen molar-refractivity contribution in [3.8, 4) is 0 Å². The molecule has 0 radical (unpaired) electrons. The molecule has 1 aromatic rings. The number of carbonyl (C=O) groups excluding carboxylic acids is 3. The summed E-state index contributed by atoms with van der Waals surface area (Å²) in [5.74, 6) is -0.672. The van der Waals surface area contributed by atoms with Crippen LogP contribution in [0.4, 0.5) is 5.69 Å². The van der Waals surface area contributed by atoms with Crippen LogP contribution in [0.1, 0.15) is 39.0 Å². The van der Waals surface area contributed by atoms with Gasteiger partial charge in [0.1, 0.15) is 0 Å². The summed E-state index contributed by atoms with van der Waals surface area (Å²) in [5.41, 5.74) is 0.530. The summed E-state index contributed by atoms with van der Waals surface area (Å²) in [6.07, 6.45) is 3.18. The molecular weight excluding hydrogens is 408 g/mol. The molecular formula is C20H28N4O5S. The summed E-state index contributed by atoms with van der Waals surface area (Å²) in [6, 6.07) is 6.33. The molecule has 0 bridgehead atoms. The minimum absolute atomic E-state index is 0.0526. The van der Waals surface area contributed by atoms with Crippen LogP contribution in [0.25, 0.3) is 0 Å². The lowest BCUT2D eigenvalue weighted by atomic mass is 9.97. The molecule has 3 amide bonds. The number of amides is 3. The zero-order chi connectivity index (χ0) is 21.7. The molecule has 10 heteroatoms. The van der Waals surface area contributed by atoms with Crippen molar-refractivity contribution in [3.05, 3.63) is 24.3 Å². The quantitative estimate of drug-likeness (QED) is 0.557. The molecule has 30 heavy (non-hydrogen) atoms. The lowest BCUT2D eigenvalue weighted by molar-refractivity contribution is -0.126. The van der Waals surface area contributed by atoms with Gasteiger partial charge in [-0.15, -0.1) is 0 Å². The van der Waals surface area contributed by atoms with Gasteiger partial charge >= 0.3 is 0 Å². The zero-order valence-corrected chi connectivity index (χ0v) is 17.8. The molecule has 1 saturated heterocycles. The van der Waals surface area contributed by atoms with Crippen molar-refractivity contribution >= 4 is 33.4 Å². The van der Waals surface area contributed by atoms with Gasteiger partial charge in [0.15, 0.2) is 0 Å². The van der Waals surface area contributed by atoms with E-state index in [4.69, 9.17) is 0 Å². The standard InChI is InChI=1S/C20H28N4O5S/c1-14(25)22-16-4-6-18(7-5-16)30(28,29)24-12-9-15(10-13-24)20(27)21-11-8-19(26)23-17-2-3-17/h4-7,15,17H,2-3,8-13H2,1H3,(H,21,27)(H,22,25)(H,23,26). The molecule has 3 N–H and O–H groups in total. The van der Waals surface area contributed by atoms with E-state index < -0.39 is 10.0 Å². The van der Waals surface area contributed by atoms with E-state index in [1.54, 1.807) is 12.1 Å². The molecule has 9 nitrogen and oxygen atoms in total. The Bertz CT molecular complexity index is 888. The first kappa shape index (κ1) is 22.2. The number of nitrogens with zero attached hydrogens (tertiary/aromatic N) is 1. The fourth-order valence-corrected chi connectivity index (χ4v) is 4.86. The van der Waals surface area contributed by atoms with Crippen LogP contribution in [-0.4, -0.2) is 56.1 Å². The smallest absolute Gasteiger partial charge is 0.243 e. The van der Waals surface area contributed by atoms with Crippen LogP contribution in [-0.2, 0) is 24.4 Å². The molecule has 2 fully saturated rings. The van der Waals surface area contributed by atoms with Crippen molar-refractivity contribution < 1.29 is 22.8 Å². The molecule has 1 aliphatic heterocycles. The molecule has 1 heterocycles. The number of sulfonamides is 1. The lowest BCUT2D eigenvalue weighted by Crippen LogP contribution is -2.43. The summed E-state index contributed by atoms with van der Waals surface area (Å²) in [5, 5.41) is 8.26. The van der Waals surface area contributed by atoms with Crippen LogP contribution in [0.2, 0.25) is 0 Å². The molecule has 1 aliphatic carbocycles. The van der Waals surface area contributed by atoms with Crippen molar-refractivity contribution in [1.29, 1.82) is 0 Å². The number of hydrogen-bond donors (Lipinski definition) is 3. The Balaban J connectivity index is 1.45. The maximum absolute atomic E-state index is 12.8. The van der Waals surface area contributed by atoms with E-state index in [2.05, 4.69) is 16.0 Å². The van der Waals surface area contributed by atoms with Crippen LogP contribution < -0.4 is 16.0 Å². The maximum atomic E-state index is 12.8. The average Bonchev–Trinajstić information content (AvgIpc) is 3.52. The highest BCUT2D eigenvalue weighted by Crippen LogP contribution is 2.25. The minimum Gasteiger partial charge on any atom is -0.355 e. The van der Waals surface area contributed by atoms with E-state index >= 15 is 0 Å². The topological polar surface area (TPSA) is 125 Å². The Labute approximate surface area is 176 Å². The molecule has 164 valence electrons. The third kappa shape index (κ3) is 6.02. The second kappa shape index (κ2) is 9.57. The first-order chi connectivity index (χ1) is 14.3. The lowest BCUT2D eigenvalue weighted by Gasteiger charge is -2.30. The number of rotatable bonds is 8. The largest absolute Gasteiger partial charge is 0.355 e. The normalized spacial score (nSPS) is 17.9. The number of anilines is 1. The Morgan fingerprint density at radius 1 is 1.03 bits per heavy atom. The molecule has 3 rings (SSSR count). The molecule has 1 saturated carbocycles. The number of hydrogen-bond acceptors (Lipinski definition) is 5. The third-order valence-corrected chi connectivity index (χ3v) is 7.14. The van der Waals surface area contributed by atoms with Gasteiger partial charge in [-0.2, -0.15) is 4.31 Å². The maximum Gasteiger partial charge on any atom is 0.243 e. The van der Waals surface area contributed by atoms with Gasteiger partial charge in [-0.25, -0.2) is 8.42 Å². The summed E-state index contributed by atoms with van der Waals surface area (Å²) in [4.78, 5) is 35.2. The number of nitrogens with one attached hydrogen (secondary N) is 3. The van der Waals surface area contributed by atoms with Gasteiger partial charge in [-0.05, 0) is 49.9 Å². The number of carbonyl (C=O) groups is 3. The van der Waals surface area contributed by atoms with Crippen molar-refractivity contribution in [2.45, 2.75) is 50.0 Å². The van der Waals surface area contributed by atoms with Gasteiger partial charge in [0.25, 0.3) is 0 Å². The van der Waals surface area contributed by atoms with Gasteiger partial charge in [0.2, 0.25) is 27.7 Å². The van der Waals surface area contributed by atoms with Gasteiger partial charge < -0.3 is 16.0 Å². The third-order valence-electron chi connectivity index (χ3n) is 5.23. The molecule has 1 aromatic carbocycles. The number of piperidine rings is 1. The molecule has 0 atom stereocenters. The Kier molecular flexibility index (Phi) is 7.09. The number of benzene rings is 1. The second-order valence-corrected chi connectivity index (χ2v) is 9.70. The van der Waals surface area contributed by atoms with Crippen LogP contribution >= 0.6 is 0 Å². The summed E-state index contributed by atoms with van der Waals surface area (Å²) in [6.45, 7) is 2.19. The monoisotopic (exact) mass is 436 g/mol. The molecule has 0 aromatic heterocycles. The fraction of sp³-hybridized carbons (Fsp3) is 0.550. The van der Waals surface area contributed by atoms with E-state index in [1.165, 1.54) is 23.4 Å². The highest BCUT2D eigenvalue weighted by atomic mass is 32.2. The van der Waals surface area contributed by atoms with E-state index in [0.717, 1.165) is 12.8 Å². The van der Waals surface area contributed by atoms with Gasteiger partial charge in [-0.1, -0.05) is 0 Å². The predicted molar refractivity (Wildman–Crippen MR) is 111 cm³/mol. The van der Waals surface area contributed by atoms with Crippen molar-refractivity contribution in [1.82, 2.24) is 14.9 Å². The first-order valence-corrected chi connectivity index (χ1v) is 11.6. The SMILES string of the molecule is CC(=O)Nc1ccc(S(=O)(=O)N2CCC(C(=O)NCCC(=O)NC3CC3)CC2)cc1.